The number of amides is 1. The van der Waals surface area contributed by atoms with Gasteiger partial charge in [0.15, 0.2) is 9.84 Å². The van der Waals surface area contributed by atoms with Crippen LogP contribution < -0.4 is 5.32 Å². The molecule has 0 bridgehead atoms. The first-order chi connectivity index (χ1) is 10.2. The number of sulfone groups is 1. The summed E-state index contributed by atoms with van der Waals surface area (Å²) in [6, 6.07) is 6.44. The third-order valence-corrected chi connectivity index (χ3v) is 4.85. The number of carbonyl (C=O) groups excluding carboxylic acids is 1. The van der Waals surface area contributed by atoms with Crippen molar-refractivity contribution >= 4 is 37.6 Å². The fourth-order valence-electron chi connectivity index (χ4n) is 1.81. The molecule has 0 fully saturated rings. The first-order valence-electron chi connectivity index (χ1n) is 6.64. The second-order valence-corrected chi connectivity index (χ2v) is 8.04. The molecule has 0 spiro atoms. The van der Waals surface area contributed by atoms with Crippen LogP contribution >= 0.6 is 15.9 Å². The number of aliphatic carboxylic acids is 1. The van der Waals surface area contributed by atoms with Gasteiger partial charge in [-0.2, -0.15) is 0 Å². The number of benzene rings is 1. The van der Waals surface area contributed by atoms with E-state index >= 15 is 0 Å². The van der Waals surface area contributed by atoms with Crippen molar-refractivity contribution in [3.8, 4) is 0 Å². The molecule has 6 nitrogen and oxygen atoms in total. The van der Waals surface area contributed by atoms with E-state index in [1.165, 1.54) is 0 Å². The Labute approximate surface area is 138 Å². The molecule has 22 heavy (non-hydrogen) atoms. The van der Waals surface area contributed by atoms with Gasteiger partial charge in [-0.05, 0) is 31.0 Å². The van der Waals surface area contributed by atoms with E-state index in [9.17, 15) is 18.0 Å². The Bertz CT molecular complexity index is 627. The van der Waals surface area contributed by atoms with Crippen molar-refractivity contribution in [2.75, 3.05) is 5.75 Å². The zero-order valence-electron chi connectivity index (χ0n) is 12.1. The fourth-order valence-corrected chi connectivity index (χ4v) is 3.36. The lowest BCUT2D eigenvalue weighted by atomic mass is 10.2. The highest BCUT2D eigenvalue weighted by atomic mass is 79.9. The minimum absolute atomic E-state index is 0.0763. The normalized spacial score (nSPS) is 12.6. The van der Waals surface area contributed by atoms with E-state index in [0.29, 0.717) is 5.56 Å². The van der Waals surface area contributed by atoms with Gasteiger partial charge in [0.25, 0.3) is 0 Å². The van der Waals surface area contributed by atoms with Gasteiger partial charge in [-0.1, -0.05) is 28.1 Å². The van der Waals surface area contributed by atoms with Crippen LogP contribution in [0.2, 0.25) is 0 Å². The van der Waals surface area contributed by atoms with E-state index in [4.69, 9.17) is 5.11 Å². The number of carboxylic acids is 1. The van der Waals surface area contributed by atoms with Crippen LogP contribution in [0.15, 0.2) is 28.7 Å². The van der Waals surface area contributed by atoms with Crippen LogP contribution in [-0.2, 0) is 25.2 Å². The highest BCUT2D eigenvalue weighted by molar-refractivity contribution is 9.10. The predicted octanol–water partition coefficient (Wildman–Crippen LogP) is 1.73. The maximum atomic E-state index is 12.0. The molecule has 2 N–H and O–H groups in total. The summed E-state index contributed by atoms with van der Waals surface area (Å²) in [6.45, 7) is 1.64. The minimum atomic E-state index is -3.57. The first-order valence-corrected chi connectivity index (χ1v) is 9.25. The zero-order chi connectivity index (χ0) is 16.8. The Kier molecular flexibility index (Phi) is 7.02. The number of rotatable bonds is 8. The summed E-state index contributed by atoms with van der Waals surface area (Å²) in [5, 5.41) is 11.1. The molecule has 0 heterocycles. The Hall–Kier alpha value is -1.41. The Morgan fingerprint density at radius 1 is 1.27 bits per heavy atom. The fraction of sp³-hybridized carbons (Fsp3) is 0.429. The average molecular weight is 392 g/mol. The van der Waals surface area contributed by atoms with Crippen molar-refractivity contribution in [1.82, 2.24) is 5.32 Å². The second-order valence-electron chi connectivity index (χ2n) is 5.06. The van der Waals surface area contributed by atoms with Gasteiger partial charge in [0.1, 0.15) is 5.75 Å². The van der Waals surface area contributed by atoms with Gasteiger partial charge in [0, 0.05) is 16.9 Å². The topological polar surface area (TPSA) is 101 Å². The summed E-state index contributed by atoms with van der Waals surface area (Å²) in [5.41, 5.74) is 0.606. The number of carbonyl (C=O) groups is 2. The lowest BCUT2D eigenvalue weighted by Crippen LogP contribution is -2.37. The average Bonchev–Trinajstić information content (AvgIpc) is 2.38. The zero-order valence-corrected chi connectivity index (χ0v) is 14.5. The molecule has 0 saturated heterocycles. The molecule has 0 radical (unpaired) electrons. The SMILES string of the molecule is CC(CCC(=O)O)NC(=O)CS(=O)(=O)Cc1ccc(Br)cc1. The molecule has 8 heteroatoms. The molecule has 1 unspecified atom stereocenters. The summed E-state index contributed by atoms with van der Waals surface area (Å²) in [6.07, 6.45) is 0.181. The van der Waals surface area contributed by atoms with Crippen LogP contribution in [-0.4, -0.2) is 37.2 Å². The number of halogens is 1. The van der Waals surface area contributed by atoms with Gasteiger partial charge in [-0.3, -0.25) is 9.59 Å². The molecule has 0 saturated carbocycles. The van der Waals surface area contributed by atoms with Crippen molar-refractivity contribution in [3.05, 3.63) is 34.3 Å². The molecule has 0 aliphatic rings. The van der Waals surface area contributed by atoms with Crippen molar-refractivity contribution in [1.29, 1.82) is 0 Å². The van der Waals surface area contributed by atoms with Crippen molar-refractivity contribution in [2.45, 2.75) is 31.6 Å². The largest absolute Gasteiger partial charge is 0.481 e. The molecule has 0 aliphatic carbocycles. The maximum absolute atomic E-state index is 12.0. The smallest absolute Gasteiger partial charge is 0.303 e. The molecule has 122 valence electrons. The molecule has 1 aromatic rings. The molecule has 0 aliphatic heterocycles. The monoisotopic (exact) mass is 391 g/mol. The van der Waals surface area contributed by atoms with Gasteiger partial charge >= 0.3 is 5.97 Å². The van der Waals surface area contributed by atoms with Gasteiger partial charge in [-0.25, -0.2) is 8.42 Å². The highest BCUT2D eigenvalue weighted by Gasteiger charge is 2.19. The predicted molar refractivity (Wildman–Crippen MR) is 86.1 cm³/mol. The van der Waals surface area contributed by atoms with Crippen molar-refractivity contribution in [2.24, 2.45) is 0 Å². The van der Waals surface area contributed by atoms with E-state index in [1.54, 1.807) is 31.2 Å². The van der Waals surface area contributed by atoms with Gasteiger partial charge in [-0.15, -0.1) is 0 Å². The molecular formula is C14H18BrNO5S. The third-order valence-electron chi connectivity index (χ3n) is 2.85. The first kappa shape index (κ1) is 18.6. The molecule has 0 aromatic heterocycles. The van der Waals surface area contributed by atoms with Crippen molar-refractivity contribution in [3.63, 3.8) is 0 Å². The molecule has 1 aromatic carbocycles. The Morgan fingerprint density at radius 3 is 2.41 bits per heavy atom. The summed E-state index contributed by atoms with van der Waals surface area (Å²) in [7, 11) is -3.57. The number of carboxylic acid groups (broad SMARTS) is 1. The third kappa shape index (κ3) is 7.56. The molecule has 1 amide bonds. The summed E-state index contributed by atoms with van der Waals surface area (Å²) in [5.74, 6) is -2.39. The number of nitrogens with one attached hydrogen (secondary N) is 1. The van der Waals surface area contributed by atoms with E-state index in [2.05, 4.69) is 21.2 Å². The van der Waals surface area contributed by atoms with Crippen LogP contribution in [0.5, 0.6) is 0 Å². The quantitative estimate of drug-likeness (QED) is 0.702. The van der Waals surface area contributed by atoms with E-state index in [0.717, 1.165) is 4.47 Å². The number of hydrogen-bond donors (Lipinski definition) is 2. The summed E-state index contributed by atoms with van der Waals surface area (Å²) in [4.78, 5) is 22.1. The molecular weight excluding hydrogens is 374 g/mol. The minimum Gasteiger partial charge on any atom is -0.481 e. The van der Waals surface area contributed by atoms with Crippen LogP contribution in [0, 0.1) is 0 Å². The van der Waals surface area contributed by atoms with Crippen LogP contribution in [0.4, 0.5) is 0 Å². The Morgan fingerprint density at radius 2 is 1.86 bits per heavy atom. The van der Waals surface area contributed by atoms with Gasteiger partial charge < -0.3 is 10.4 Å². The van der Waals surface area contributed by atoms with Crippen LogP contribution in [0.25, 0.3) is 0 Å². The van der Waals surface area contributed by atoms with Gasteiger partial charge in [0.2, 0.25) is 5.91 Å². The van der Waals surface area contributed by atoms with E-state index in [1.807, 2.05) is 0 Å². The standard InChI is InChI=1S/C14H18BrNO5S/c1-10(2-7-14(18)19)16-13(17)9-22(20,21)8-11-3-5-12(15)6-4-11/h3-6,10H,2,7-9H2,1H3,(H,16,17)(H,18,19). The lowest BCUT2D eigenvalue weighted by molar-refractivity contribution is -0.137. The molecule has 1 atom stereocenters. The maximum Gasteiger partial charge on any atom is 0.303 e. The summed E-state index contributed by atoms with van der Waals surface area (Å²) < 4.78 is 24.8. The lowest BCUT2D eigenvalue weighted by Gasteiger charge is -2.13. The highest BCUT2D eigenvalue weighted by Crippen LogP contribution is 2.13. The van der Waals surface area contributed by atoms with E-state index in [-0.39, 0.29) is 24.6 Å². The Balaban J connectivity index is 2.51. The van der Waals surface area contributed by atoms with Crippen LogP contribution in [0.1, 0.15) is 25.3 Å². The van der Waals surface area contributed by atoms with Crippen molar-refractivity contribution < 1.29 is 23.1 Å². The van der Waals surface area contributed by atoms with Gasteiger partial charge in [0.05, 0.1) is 5.75 Å². The summed E-state index contributed by atoms with van der Waals surface area (Å²) >= 11 is 3.26. The number of hydrogen-bond acceptors (Lipinski definition) is 4. The second kappa shape index (κ2) is 8.28. The van der Waals surface area contributed by atoms with Crippen LogP contribution in [0.3, 0.4) is 0 Å². The molecule has 1 rings (SSSR count). The van der Waals surface area contributed by atoms with E-state index < -0.39 is 27.5 Å².